The van der Waals surface area contributed by atoms with Crippen molar-refractivity contribution in [2.24, 2.45) is 0 Å². The van der Waals surface area contributed by atoms with E-state index in [0.717, 1.165) is 39.8 Å². The monoisotopic (exact) mass is 1200 g/mol. The molecule has 3 aliphatic heterocycles. The first-order valence-electron chi connectivity index (χ1n) is 32.7. The number of hydrogen-bond acceptors (Lipinski definition) is 3. The van der Waals surface area contributed by atoms with E-state index >= 15 is 0 Å². The zero-order valence-electron chi connectivity index (χ0n) is 51.8. The Kier molecular flexibility index (Phi) is 11.7. The molecule has 0 bridgehead atoms. The SMILES string of the molecule is C[Si]1(C)c2ccccc2-c2c1ccc1c2N(c2ccccc2)c2cc(N(c3ccccc3)c3cccc4c3-c3ccccc3C4(c3ccccc3)c3ccccc3)cc3c2B1c1ccc2c(c1N3c1ccccc1)-c1ccccc1C2(c1ccccc1)c1ccccc1. The highest BCUT2D eigenvalue weighted by atomic mass is 28.3. The van der Waals surface area contributed by atoms with Crippen LogP contribution in [-0.4, -0.2) is 14.8 Å². The van der Waals surface area contributed by atoms with Gasteiger partial charge in [0, 0.05) is 56.5 Å². The molecular weight excluding hydrogens is 1140 g/mol. The molecule has 19 rings (SSSR count). The van der Waals surface area contributed by atoms with Crippen molar-refractivity contribution in [1.82, 2.24) is 0 Å². The van der Waals surface area contributed by atoms with Gasteiger partial charge in [-0.1, -0.05) is 298 Å². The van der Waals surface area contributed by atoms with E-state index in [4.69, 9.17) is 0 Å². The topological polar surface area (TPSA) is 9.72 Å². The maximum Gasteiger partial charge on any atom is 0.252 e. The van der Waals surface area contributed by atoms with Crippen LogP contribution < -0.4 is 41.5 Å². The lowest BCUT2D eigenvalue weighted by atomic mass is 9.33. The molecule has 5 heteroatoms. The van der Waals surface area contributed by atoms with Crippen molar-refractivity contribution < 1.29 is 0 Å². The minimum absolute atomic E-state index is 0.173. The molecule has 0 N–H and O–H groups in total. The molecule has 0 radical (unpaired) electrons. The Morgan fingerprint density at radius 1 is 0.312 bits per heavy atom. The largest absolute Gasteiger partial charge is 0.311 e. The second kappa shape index (κ2) is 20.4. The molecule has 93 heavy (non-hydrogen) atoms. The molecule has 2 aliphatic carbocycles. The molecule has 0 unspecified atom stereocenters. The van der Waals surface area contributed by atoms with Crippen molar-refractivity contribution in [3.63, 3.8) is 0 Å². The van der Waals surface area contributed by atoms with E-state index in [-0.39, 0.29) is 6.71 Å². The highest BCUT2D eigenvalue weighted by Crippen LogP contribution is 2.63. The van der Waals surface area contributed by atoms with Crippen molar-refractivity contribution in [3.8, 4) is 33.4 Å². The molecule has 0 atom stereocenters. The quantitative estimate of drug-likeness (QED) is 0.133. The maximum atomic E-state index is 2.68. The van der Waals surface area contributed by atoms with E-state index in [0.29, 0.717) is 0 Å². The average Bonchev–Trinajstić information content (AvgIpc) is 1.64. The van der Waals surface area contributed by atoms with Gasteiger partial charge in [-0.3, -0.25) is 0 Å². The van der Waals surface area contributed by atoms with E-state index in [1.165, 1.54) is 116 Å². The maximum absolute atomic E-state index is 2.68. The van der Waals surface area contributed by atoms with Crippen molar-refractivity contribution in [3.05, 3.63) is 384 Å². The predicted octanol–water partition coefficient (Wildman–Crippen LogP) is 18.8. The molecule has 0 amide bonds. The van der Waals surface area contributed by atoms with Gasteiger partial charge in [0.2, 0.25) is 0 Å². The van der Waals surface area contributed by atoms with E-state index in [9.17, 15) is 0 Å². The van der Waals surface area contributed by atoms with Crippen LogP contribution in [0, 0.1) is 0 Å². The van der Waals surface area contributed by atoms with E-state index in [2.05, 4.69) is 368 Å². The summed E-state index contributed by atoms with van der Waals surface area (Å²) >= 11 is 0. The van der Waals surface area contributed by atoms with E-state index in [1.54, 1.807) is 0 Å². The van der Waals surface area contributed by atoms with E-state index in [1.807, 2.05) is 0 Å². The van der Waals surface area contributed by atoms with Gasteiger partial charge in [0.05, 0.1) is 22.2 Å². The first-order valence-corrected chi connectivity index (χ1v) is 35.7. The summed E-state index contributed by atoms with van der Waals surface area (Å²) in [4.78, 5) is 7.94. The first-order chi connectivity index (χ1) is 46.0. The fraction of sp³-hybridized carbons (Fsp3) is 0.0455. The molecule has 5 aliphatic rings. The Balaban J connectivity index is 0.977. The average molecular weight is 1200 g/mol. The smallest absolute Gasteiger partial charge is 0.252 e. The lowest BCUT2D eigenvalue weighted by molar-refractivity contribution is 0.768. The number of benzene rings is 14. The van der Waals surface area contributed by atoms with E-state index < -0.39 is 18.9 Å². The molecular formula is C88H62BN3Si. The molecule has 0 saturated heterocycles. The molecule has 0 spiro atoms. The summed E-state index contributed by atoms with van der Waals surface area (Å²) in [6, 6.07) is 129. The first kappa shape index (κ1) is 53.6. The molecule has 3 heterocycles. The Morgan fingerprint density at radius 2 is 0.710 bits per heavy atom. The molecule has 3 nitrogen and oxygen atoms in total. The van der Waals surface area contributed by atoms with Crippen LogP contribution in [0.15, 0.2) is 340 Å². The summed E-state index contributed by atoms with van der Waals surface area (Å²) in [5.74, 6) is 0. The van der Waals surface area contributed by atoms with Crippen LogP contribution >= 0.6 is 0 Å². The van der Waals surface area contributed by atoms with Crippen molar-refractivity contribution in [2.45, 2.75) is 23.9 Å². The van der Waals surface area contributed by atoms with Crippen LogP contribution in [0.1, 0.15) is 44.5 Å². The van der Waals surface area contributed by atoms with Crippen LogP contribution in [0.4, 0.5) is 51.2 Å². The van der Waals surface area contributed by atoms with Crippen LogP contribution in [0.3, 0.4) is 0 Å². The number of hydrogen-bond donors (Lipinski definition) is 0. The molecule has 0 fully saturated rings. The van der Waals surface area contributed by atoms with Gasteiger partial charge < -0.3 is 14.7 Å². The highest BCUT2D eigenvalue weighted by Gasteiger charge is 2.54. The summed E-state index contributed by atoms with van der Waals surface area (Å²) in [5, 5.41) is 2.97. The third kappa shape index (κ3) is 7.31. The van der Waals surface area contributed by atoms with Crippen LogP contribution in [0.25, 0.3) is 33.4 Å². The van der Waals surface area contributed by atoms with Crippen LogP contribution in [0.2, 0.25) is 13.1 Å². The lowest BCUT2D eigenvalue weighted by Gasteiger charge is -2.46. The zero-order chi connectivity index (χ0) is 61.6. The predicted molar refractivity (Wildman–Crippen MR) is 392 cm³/mol. The minimum Gasteiger partial charge on any atom is -0.311 e. The zero-order valence-corrected chi connectivity index (χ0v) is 52.8. The van der Waals surface area contributed by atoms with Gasteiger partial charge in [-0.05, 0) is 143 Å². The second-order valence-electron chi connectivity index (χ2n) is 26.1. The molecule has 14 aromatic rings. The molecule has 0 saturated carbocycles. The Labute approximate surface area is 545 Å². The van der Waals surface area contributed by atoms with Crippen LogP contribution in [-0.2, 0) is 10.8 Å². The van der Waals surface area contributed by atoms with Crippen molar-refractivity contribution in [1.29, 1.82) is 0 Å². The van der Waals surface area contributed by atoms with Gasteiger partial charge in [-0.25, -0.2) is 0 Å². The summed E-state index contributed by atoms with van der Waals surface area (Å²) in [7, 11) is -2.21. The molecule has 0 aromatic heterocycles. The lowest BCUT2D eigenvalue weighted by Crippen LogP contribution is -2.62. The minimum atomic E-state index is -2.21. The summed E-state index contributed by atoms with van der Waals surface area (Å²) in [5.41, 5.74) is 30.7. The van der Waals surface area contributed by atoms with Crippen molar-refractivity contribution >= 4 is 92.7 Å². The fourth-order valence-corrected chi connectivity index (χ4v) is 20.8. The third-order valence-corrected chi connectivity index (χ3v) is 24.9. The normalized spacial score (nSPS) is 14.8. The van der Waals surface area contributed by atoms with Crippen LogP contribution in [0.5, 0.6) is 0 Å². The number of anilines is 9. The standard InChI is InChI=1S/C88H62BN3Si/c1-93(2)79-52-29-26-47-69(79)83-80(93)56-55-75-86(83)92(65-43-22-9-23-44-65)78-58-66(90(63-39-18-7-19-40-63)76-51-30-50-72-81(76)67-45-24-27-48-70(67)87(72,59-31-10-3-11-32-59)60-33-12-4-13-34-60)57-77-84(78)89(75)74-54-53-73-82(85(74)91(77)64-41-20-8-21-42-64)68-46-25-28-49-71(68)88(73,61-35-14-5-15-36-61)62-37-16-6-17-38-62/h3-58H,1-2H3. The summed E-state index contributed by atoms with van der Waals surface area (Å²) in [6.07, 6.45) is 0. The number of para-hydroxylation sites is 3. The number of rotatable bonds is 9. The highest BCUT2D eigenvalue weighted by molar-refractivity contribution is 7.05. The van der Waals surface area contributed by atoms with Gasteiger partial charge in [0.15, 0.2) is 0 Å². The van der Waals surface area contributed by atoms with Gasteiger partial charge >= 0.3 is 0 Å². The Hall–Kier alpha value is -11.2. The Morgan fingerprint density at radius 3 is 1.23 bits per heavy atom. The summed E-state index contributed by atoms with van der Waals surface area (Å²) < 4.78 is 0. The second-order valence-corrected chi connectivity index (χ2v) is 30.4. The molecule has 14 aromatic carbocycles. The summed E-state index contributed by atoms with van der Waals surface area (Å²) in [6.45, 7) is 4.94. The third-order valence-electron chi connectivity index (χ3n) is 21.3. The molecule has 436 valence electrons. The van der Waals surface area contributed by atoms with Gasteiger partial charge in [0.25, 0.3) is 6.71 Å². The van der Waals surface area contributed by atoms with Crippen molar-refractivity contribution in [2.75, 3.05) is 14.7 Å². The fourth-order valence-electron chi connectivity index (χ4n) is 17.7. The van der Waals surface area contributed by atoms with Gasteiger partial charge in [-0.2, -0.15) is 0 Å². The van der Waals surface area contributed by atoms with Gasteiger partial charge in [-0.15, -0.1) is 0 Å². The Bertz CT molecular complexity index is 5230. The number of nitrogens with zero attached hydrogens (tertiary/aromatic N) is 3. The van der Waals surface area contributed by atoms with Gasteiger partial charge in [0.1, 0.15) is 8.07 Å². The number of fused-ring (bicyclic) bond motifs is 15.